The van der Waals surface area contributed by atoms with Crippen molar-refractivity contribution >= 4 is 10.0 Å². The van der Waals surface area contributed by atoms with E-state index in [1.54, 1.807) is 7.05 Å². The molecule has 6 heteroatoms. The third kappa shape index (κ3) is 7.87. The van der Waals surface area contributed by atoms with Crippen LogP contribution >= 0.6 is 0 Å². The van der Waals surface area contributed by atoms with E-state index in [9.17, 15) is 8.42 Å². The van der Waals surface area contributed by atoms with Crippen LogP contribution in [0.3, 0.4) is 0 Å². The average molecular weight is 292 g/mol. The van der Waals surface area contributed by atoms with Crippen molar-refractivity contribution in [3.63, 3.8) is 0 Å². The molecule has 0 bridgehead atoms. The van der Waals surface area contributed by atoms with Crippen molar-refractivity contribution in [3.05, 3.63) is 0 Å². The zero-order valence-electron chi connectivity index (χ0n) is 12.2. The normalized spacial score (nSPS) is 16.2. The van der Waals surface area contributed by atoms with Crippen LogP contribution in [-0.2, 0) is 14.8 Å². The van der Waals surface area contributed by atoms with Gasteiger partial charge in [-0.25, -0.2) is 12.7 Å². The van der Waals surface area contributed by atoms with E-state index in [0.29, 0.717) is 19.6 Å². The number of ether oxygens (including phenoxy) is 1. The maximum absolute atomic E-state index is 11.9. The standard InChI is InChI=1S/C13H28N2O3S/c1-3-7-14-8-4-11-19(16,17)15(2)9-10-18-12-13-5-6-13/h13-14H,3-12H2,1-2H3. The summed E-state index contributed by atoms with van der Waals surface area (Å²) in [4.78, 5) is 0. The summed E-state index contributed by atoms with van der Waals surface area (Å²) < 4.78 is 30.8. The van der Waals surface area contributed by atoms with Crippen LogP contribution in [0.15, 0.2) is 0 Å². The Labute approximate surface area is 117 Å². The molecule has 0 aromatic carbocycles. The Kier molecular flexibility index (Phi) is 7.90. The lowest BCUT2D eigenvalue weighted by Crippen LogP contribution is -2.33. The summed E-state index contributed by atoms with van der Waals surface area (Å²) in [5, 5.41) is 3.21. The molecule has 0 atom stereocenters. The minimum atomic E-state index is -3.12. The lowest BCUT2D eigenvalue weighted by atomic mass is 10.4. The van der Waals surface area contributed by atoms with Crippen molar-refractivity contribution < 1.29 is 13.2 Å². The highest BCUT2D eigenvalue weighted by atomic mass is 32.2. The SMILES string of the molecule is CCCNCCCS(=O)(=O)N(C)CCOCC1CC1. The predicted molar refractivity (Wildman–Crippen MR) is 77.7 cm³/mol. The largest absolute Gasteiger partial charge is 0.380 e. The lowest BCUT2D eigenvalue weighted by Gasteiger charge is -2.17. The van der Waals surface area contributed by atoms with Gasteiger partial charge in [0, 0.05) is 20.2 Å². The molecule has 1 rings (SSSR count). The van der Waals surface area contributed by atoms with E-state index in [-0.39, 0.29) is 5.75 Å². The summed E-state index contributed by atoms with van der Waals surface area (Å²) in [5.74, 6) is 0.939. The maximum Gasteiger partial charge on any atom is 0.213 e. The van der Waals surface area contributed by atoms with Gasteiger partial charge in [0.1, 0.15) is 0 Å². The monoisotopic (exact) mass is 292 g/mol. The molecule has 19 heavy (non-hydrogen) atoms. The molecule has 0 spiro atoms. The molecule has 1 N–H and O–H groups in total. The molecule has 0 unspecified atom stereocenters. The summed E-state index contributed by atoms with van der Waals surface area (Å²) >= 11 is 0. The third-order valence-corrected chi connectivity index (χ3v) is 5.20. The fourth-order valence-electron chi connectivity index (χ4n) is 1.70. The van der Waals surface area contributed by atoms with Gasteiger partial charge in [-0.3, -0.25) is 0 Å². The van der Waals surface area contributed by atoms with Gasteiger partial charge in [0.15, 0.2) is 0 Å². The fourth-order valence-corrected chi connectivity index (χ4v) is 2.88. The van der Waals surface area contributed by atoms with E-state index in [4.69, 9.17) is 4.74 Å². The molecule has 1 aliphatic rings. The lowest BCUT2D eigenvalue weighted by molar-refractivity contribution is 0.117. The molecule has 0 aromatic heterocycles. The van der Waals surface area contributed by atoms with Crippen molar-refractivity contribution in [1.82, 2.24) is 9.62 Å². The van der Waals surface area contributed by atoms with E-state index in [1.165, 1.54) is 17.1 Å². The molecule has 0 saturated heterocycles. The second-order valence-electron chi connectivity index (χ2n) is 5.26. The second kappa shape index (κ2) is 8.89. The van der Waals surface area contributed by atoms with Crippen LogP contribution in [0.4, 0.5) is 0 Å². The van der Waals surface area contributed by atoms with Gasteiger partial charge in [0.2, 0.25) is 10.0 Å². The first-order valence-electron chi connectivity index (χ1n) is 7.28. The molecular weight excluding hydrogens is 264 g/mol. The molecule has 0 heterocycles. The van der Waals surface area contributed by atoms with Crippen LogP contribution in [0.5, 0.6) is 0 Å². The molecule has 5 nitrogen and oxygen atoms in total. The van der Waals surface area contributed by atoms with Gasteiger partial charge in [-0.05, 0) is 44.7 Å². The van der Waals surface area contributed by atoms with Gasteiger partial charge in [-0.15, -0.1) is 0 Å². The maximum atomic E-state index is 11.9. The highest BCUT2D eigenvalue weighted by molar-refractivity contribution is 7.89. The van der Waals surface area contributed by atoms with E-state index in [0.717, 1.165) is 32.0 Å². The number of nitrogens with one attached hydrogen (secondary N) is 1. The number of sulfonamides is 1. The van der Waals surface area contributed by atoms with E-state index < -0.39 is 10.0 Å². The Morgan fingerprint density at radius 2 is 2.05 bits per heavy atom. The summed E-state index contributed by atoms with van der Waals surface area (Å²) in [7, 11) is -1.49. The Bertz CT molecular complexity index is 329. The highest BCUT2D eigenvalue weighted by Gasteiger charge is 2.21. The first kappa shape index (κ1) is 16.9. The van der Waals surface area contributed by atoms with Gasteiger partial charge >= 0.3 is 0 Å². The Morgan fingerprint density at radius 3 is 2.68 bits per heavy atom. The second-order valence-corrected chi connectivity index (χ2v) is 7.45. The number of hydrogen-bond donors (Lipinski definition) is 1. The van der Waals surface area contributed by atoms with Crippen LogP contribution in [-0.4, -0.2) is 58.4 Å². The Balaban J connectivity index is 2.07. The quantitative estimate of drug-likeness (QED) is 0.547. The van der Waals surface area contributed by atoms with Gasteiger partial charge in [-0.1, -0.05) is 6.92 Å². The predicted octanol–water partition coefficient (Wildman–Crippen LogP) is 1.06. The van der Waals surface area contributed by atoms with Gasteiger partial charge in [0.25, 0.3) is 0 Å². The van der Waals surface area contributed by atoms with Gasteiger partial charge < -0.3 is 10.1 Å². The average Bonchev–Trinajstić information content (AvgIpc) is 3.18. The third-order valence-electron chi connectivity index (χ3n) is 3.26. The first-order valence-corrected chi connectivity index (χ1v) is 8.89. The minimum Gasteiger partial charge on any atom is -0.380 e. The molecule has 0 radical (unpaired) electrons. The molecule has 1 fully saturated rings. The van der Waals surface area contributed by atoms with Crippen molar-refractivity contribution in [2.75, 3.05) is 45.6 Å². The molecule has 0 amide bonds. The van der Waals surface area contributed by atoms with Crippen LogP contribution < -0.4 is 5.32 Å². The fraction of sp³-hybridized carbons (Fsp3) is 1.00. The Hall–Kier alpha value is -0.170. The van der Waals surface area contributed by atoms with Crippen molar-refractivity contribution in [3.8, 4) is 0 Å². The van der Waals surface area contributed by atoms with Crippen molar-refractivity contribution in [2.24, 2.45) is 5.92 Å². The molecular formula is C13H28N2O3S. The van der Waals surface area contributed by atoms with Crippen molar-refractivity contribution in [2.45, 2.75) is 32.6 Å². The molecule has 1 saturated carbocycles. The number of likely N-dealkylation sites (N-methyl/N-ethyl adjacent to an activating group) is 1. The van der Waals surface area contributed by atoms with E-state index in [1.807, 2.05) is 0 Å². The molecule has 114 valence electrons. The molecule has 0 aromatic rings. The smallest absolute Gasteiger partial charge is 0.213 e. The van der Waals surface area contributed by atoms with Crippen LogP contribution in [0.2, 0.25) is 0 Å². The summed E-state index contributed by atoms with van der Waals surface area (Å²) in [6, 6.07) is 0. The zero-order valence-corrected chi connectivity index (χ0v) is 13.0. The van der Waals surface area contributed by atoms with Crippen molar-refractivity contribution in [1.29, 1.82) is 0 Å². The van der Waals surface area contributed by atoms with E-state index >= 15 is 0 Å². The minimum absolute atomic E-state index is 0.211. The van der Waals surface area contributed by atoms with Gasteiger partial charge in [-0.2, -0.15) is 0 Å². The molecule has 1 aliphatic carbocycles. The van der Waals surface area contributed by atoms with Crippen LogP contribution in [0, 0.1) is 5.92 Å². The summed E-state index contributed by atoms with van der Waals surface area (Å²) in [6.45, 7) is 5.55. The summed E-state index contributed by atoms with van der Waals surface area (Å²) in [6.07, 6.45) is 4.26. The van der Waals surface area contributed by atoms with E-state index in [2.05, 4.69) is 12.2 Å². The number of rotatable bonds is 12. The first-order chi connectivity index (χ1) is 9.06. The summed E-state index contributed by atoms with van der Waals surface area (Å²) in [5.41, 5.74) is 0. The number of hydrogen-bond acceptors (Lipinski definition) is 4. The van der Waals surface area contributed by atoms with Gasteiger partial charge in [0.05, 0.1) is 12.4 Å². The van der Waals surface area contributed by atoms with Crippen LogP contribution in [0.25, 0.3) is 0 Å². The Morgan fingerprint density at radius 1 is 1.32 bits per heavy atom. The highest BCUT2D eigenvalue weighted by Crippen LogP contribution is 2.28. The number of nitrogens with zero attached hydrogens (tertiary/aromatic N) is 1. The topological polar surface area (TPSA) is 58.6 Å². The zero-order chi connectivity index (χ0) is 14.1. The molecule has 0 aliphatic heterocycles. The van der Waals surface area contributed by atoms with Crippen LogP contribution in [0.1, 0.15) is 32.6 Å².